The molecule has 51 heavy (non-hydrogen) atoms. The molecule has 0 atom stereocenters. The normalized spacial score (nSPS) is 13.6. The lowest BCUT2D eigenvalue weighted by Crippen LogP contribution is -2.36. The van der Waals surface area contributed by atoms with Crippen LogP contribution in [0.5, 0.6) is 0 Å². The fraction of sp³-hybridized carbons (Fsp3) is 0.0217. The molecular formula is C46H29N5. The molecule has 7 aromatic carbocycles. The van der Waals surface area contributed by atoms with Gasteiger partial charge in [0.25, 0.3) is 0 Å². The minimum Gasteiger partial charge on any atom is -0.354 e. The van der Waals surface area contributed by atoms with Gasteiger partial charge in [-0.2, -0.15) is 9.97 Å². The minimum atomic E-state index is -0.570. The van der Waals surface area contributed by atoms with Gasteiger partial charge in [-0.15, -0.1) is 0 Å². The van der Waals surface area contributed by atoms with Crippen LogP contribution in [0.4, 0.5) is 17.3 Å². The van der Waals surface area contributed by atoms with Crippen LogP contribution in [0.2, 0.25) is 0 Å². The Balaban J connectivity index is 1.24. The monoisotopic (exact) mass is 651 g/mol. The van der Waals surface area contributed by atoms with Crippen molar-refractivity contribution in [3.63, 3.8) is 0 Å². The molecule has 1 spiro atoms. The van der Waals surface area contributed by atoms with Crippen molar-refractivity contribution in [1.29, 1.82) is 0 Å². The third-order valence-electron chi connectivity index (χ3n) is 10.7. The maximum atomic E-state index is 5.22. The van der Waals surface area contributed by atoms with Crippen LogP contribution in [0.1, 0.15) is 22.3 Å². The molecule has 1 aliphatic heterocycles. The molecule has 0 fully saturated rings. The summed E-state index contributed by atoms with van der Waals surface area (Å²) in [6, 6.07) is 60.2. The van der Waals surface area contributed by atoms with Crippen LogP contribution < -0.4 is 4.90 Å². The Morgan fingerprint density at radius 2 is 0.980 bits per heavy atom. The number of fused-ring (bicyclic) bond motifs is 13. The van der Waals surface area contributed by atoms with E-state index in [9.17, 15) is 0 Å². The number of nitrogens with one attached hydrogen (secondary N) is 1. The van der Waals surface area contributed by atoms with Gasteiger partial charge in [-0.1, -0.05) is 146 Å². The number of benzene rings is 7. The van der Waals surface area contributed by atoms with Crippen LogP contribution in [-0.2, 0) is 5.41 Å². The largest absolute Gasteiger partial charge is 0.354 e. The van der Waals surface area contributed by atoms with Gasteiger partial charge in [-0.05, 0) is 57.6 Å². The highest BCUT2D eigenvalue weighted by atomic mass is 15.3. The van der Waals surface area contributed by atoms with Gasteiger partial charge in [-0.25, -0.2) is 4.98 Å². The second-order valence-electron chi connectivity index (χ2n) is 13.3. The molecule has 0 unspecified atom stereocenters. The molecule has 2 aliphatic rings. The first kappa shape index (κ1) is 28.0. The van der Waals surface area contributed by atoms with E-state index >= 15 is 0 Å². The van der Waals surface area contributed by atoms with Gasteiger partial charge in [0, 0.05) is 32.9 Å². The zero-order valence-electron chi connectivity index (χ0n) is 27.5. The minimum absolute atomic E-state index is 0.570. The smallest absolute Gasteiger partial charge is 0.238 e. The van der Waals surface area contributed by atoms with Crippen LogP contribution in [0.25, 0.3) is 55.7 Å². The van der Waals surface area contributed by atoms with Crippen LogP contribution >= 0.6 is 0 Å². The molecule has 11 rings (SSSR count). The van der Waals surface area contributed by atoms with Gasteiger partial charge in [-0.3, -0.25) is 4.90 Å². The average molecular weight is 652 g/mol. The number of para-hydroxylation sites is 3. The fourth-order valence-corrected chi connectivity index (χ4v) is 8.65. The Kier molecular flexibility index (Phi) is 5.81. The molecule has 5 nitrogen and oxygen atoms in total. The summed E-state index contributed by atoms with van der Waals surface area (Å²) in [4.78, 5) is 21.4. The van der Waals surface area contributed by atoms with Crippen LogP contribution in [0.15, 0.2) is 170 Å². The van der Waals surface area contributed by atoms with E-state index in [-0.39, 0.29) is 0 Å². The number of anilines is 3. The number of aromatic nitrogens is 4. The third-order valence-corrected chi connectivity index (χ3v) is 10.7. The molecule has 0 amide bonds. The van der Waals surface area contributed by atoms with Gasteiger partial charge in [0.05, 0.1) is 16.8 Å². The zero-order chi connectivity index (χ0) is 33.5. The van der Waals surface area contributed by atoms with E-state index in [1.807, 2.05) is 36.4 Å². The van der Waals surface area contributed by atoms with E-state index in [1.54, 1.807) is 0 Å². The molecule has 3 heterocycles. The molecule has 1 aliphatic carbocycles. The van der Waals surface area contributed by atoms with Crippen molar-refractivity contribution >= 4 is 39.1 Å². The van der Waals surface area contributed by atoms with Gasteiger partial charge in [0.15, 0.2) is 11.6 Å². The quantitative estimate of drug-likeness (QED) is 0.207. The molecule has 0 bridgehead atoms. The Labute approximate surface area is 294 Å². The summed E-state index contributed by atoms with van der Waals surface area (Å²) < 4.78 is 0. The van der Waals surface area contributed by atoms with Gasteiger partial charge < -0.3 is 4.98 Å². The zero-order valence-corrected chi connectivity index (χ0v) is 27.5. The number of rotatable bonds is 3. The molecule has 2 aromatic heterocycles. The van der Waals surface area contributed by atoms with E-state index in [0.29, 0.717) is 17.6 Å². The second kappa shape index (κ2) is 10.6. The second-order valence-corrected chi connectivity index (χ2v) is 13.3. The van der Waals surface area contributed by atoms with Crippen LogP contribution in [-0.4, -0.2) is 19.9 Å². The molecule has 238 valence electrons. The van der Waals surface area contributed by atoms with E-state index in [0.717, 1.165) is 33.5 Å². The first-order chi connectivity index (χ1) is 25.3. The molecule has 0 saturated carbocycles. The predicted molar refractivity (Wildman–Crippen MR) is 206 cm³/mol. The number of nitrogens with zero attached hydrogens (tertiary/aromatic N) is 4. The van der Waals surface area contributed by atoms with Gasteiger partial charge in [0.2, 0.25) is 5.95 Å². The maximum absolute atomic E-state index is 5.22. The summed E-state index contributed by atoms with van der Waals surface area (Å²) in [5.41, 5.74) is 13.2. The van der Waals surface area contributed by atoms with Crippen molar-refractivity contribution in [2.75, 3.05) is 4.90 Å². The molecule has 0 saturated heterocycles. The topological polar surface area (TPSA) is 57.7 Å². The summed E-state index contributed by atoms with van der Waals surface area (Å²) >= 11 is 0. The van der Waals surface area contributed by atoms with E-state index in [4.69, 9.17) is 15.0 Å². The van der Waals surface area contributed by atoms with Crippen molar-refractivity contribution < 1.29 is 0 Å². The summed E-state index contributed by atoms with van der Waals surface area (Å²) in [6.45, 7) is 0. The molecular weight excluding hydrogens is 623 g/mol. The molecule has 9 aromatic rings. The lowest BCUT2D eigenvalue weighted by atomic mass is 9.64. The van der Waals surface area contributed by atoms with Gasteiger partial charge in [0.1, 0.15) is 0 Å². The number of hydrogen-bond acceptors (Lipinski definition) is 4. The summed E-state index contributed by atoms with van der Waals surface area (Å²) in [5, 5.41) is 2.50. The molecule has 0 radical (unpaired) electrons. The SMILES string of the molecule is c1ccc(-c2nc(-c3ccccc3)nc(N3c4ccccc4C4(c5ccccc5-c5c4ccc4[nH]c6ccccc6c54)c4ccccc43)n2)cc1. The summed E-state index contributed by atoms with van der Waals surface area (Å²) in [7, 11) is 0. The van der Waals surface area contributed by atoms with Gasteiger partial charge >= 0.3 is 0 Å². The maximum Gasteiger partial charge on any atom is 0.238 e. The first-order valence-electron chi connectivity index (χ1n) is 17.3. The van der Waals surface area contributed by atoms with E-state index in [2.05, 4.69) is 143 Å². The highest BCUT2D eigenvalue weighted by Gasteiger charge is 2.52. The number of H-pyrrole nitrogens is 1. The summed E-state index contributed by atoms with van der Waals surface area (Å²) in [6.07, 6.45) is 0. The fourth-order valence-electron chi connectivity index (χ4n) is 8.65. The van der Waals surface area contributed by atoms with Crippen molar-refractivity contribution in [2.45, 2.75) is 5.41 Å². The van der Waals surface area contributed by atoms with Crippen molar-refractivity contribution in [3.05, 3.63) is 192 Å². The van der Waals surface area contributed by atoms with E-state index in [1.165, 1.54) is 44.2 Å². The van der Waals surface area contributed by atoms with Crippen molar-refractivity contribution in [2.24, 2.45) is 0 Å². The Morgan fingerprint density at radius 3 is 1.65 bits per heavy atom. The first-order valence-corrected chi connectivity index (χ1v) is 17.3. The Bertz CT molecular complexity index is 2720. The highest BCUT2D eigenvalue weighted by molar-refractivity contribution is 6.17. The lowest BCUT2D eigenvalue weighted by Gasteiger charge is -2.44. The van der Waals surface area contributed by atoms with Crippen molar-refractivity contribution in [1.82, 2.24) is 19.9 Å². The Morgan fingerprint density at radius 1 is 0.431 bits per heavy atom. The number of hydrogen-bond donors (Lipinski definition) is 1. The third kappa shape index (κ3) is 3.83. The lowest BCUT2D eigenvalue weighted by molar-refractivity contribution is 0.749. The van der Waals surface area contributed by atoms with Crippen LogP contribution in [0.3, 0.4) is 0 Å². The number of aromatic amines is 1. The summed E-state index contributed by atoms with van der Waals surface area (Å²) in [5.74, 6) is 1.84. The van der Waals surface area contributed by atoms with Crippen LogP contribution in [0, 0.1) is 0 Å². The standard InChI is InChI=1S/C46H29N5/c1-3-15-29(16-4-1)43-48-44(30-17-5-2-6-18-30)50-45(49-43)51-39-25-13-10-22-34(39)46(35-23-11-14-26-40(35)51)33-21-9-7-19-31(33)41-36(46)27-28-38-42(41)32-20-8-12-24-37(32)47-38/h1-28,47H. The van der Waals surface area contributed by atoms with Crippen molar-refractivity contribution in [3.8, 4) is 33.9 Å². The average Bonchev–Trinajstić information content (AvgIpc) is 3.73. The van der Waals surface area contributed by atoms with E-state index < -0.39 is 5.41 Å². The molecule has 1 N–H and O–H groups in total. The molecule has 5 heteroatoms. The predicted octanol–water partition coefficient (Wildman–Crippen LogP) is 11.0. The Hall–Kier alpha value is -6.85. The highest BCUT2D eigenvalue weighted by Crippen LogP contribution is 2.64.